The predicted octanol–water partition coefficient (Wildman–Crippen LogP) is 3.13. The predicted molar refractivity (Wildman–Crippen MR) is 113 cm³/mol. The molecule has 1 fully saturated rings. The lowest BCUT2D eigenvalue weighted by molar-refractivity contribution is -0.131. The summed E-state index contributed by atoms with van der Waals surface area (Å²) in [5.41, 5.74) is 1.17. The minimum Gasteiger partial charge on any atom is -0.485 e. The zero-order valence-electron chi connectivity index (χ0n) is 17.0. The van der Waals surface area contributed by atoms with E-state index in [0.717, 1.165) is 31.5 Å². The molecule has 1 amide bonds. The zero-order chi connectivity index (χ0) is 21.6. The van der Waals surface area contributed by atoms with Crippen molar-refractivity contribution in [2.45, 2.75) is 43.9 Å². The van der Waals surface area contributed by atoms with E-state index in [0.29, 0.717) is 17.5 Å². The number of benzene rings is 1. The highest BCUT2D eigenvalue weighted by Crippen LogP contribution is 2.33. The first kappa shape index (κ1) is 20.7. The molecule has 0 saturated heterocycles. The number of hydrogen-bond donors (Lipinski definition) is 2. The highest BCUT2D eigenvalue weighted by atomic mass is 16.6. The van der Waals surface area contributed by atoms with Crippen molar-refractivity contribution in [2.24, 2.45) is 0 Å². The molecule has 3 aliphatic heterocycles. The lowest BCUT2D eigenvalue weighted by Crippen LogP contribution is -2.48. The third kappa shape index (κ3) is 4.63. The molecule has 31 heavy (non-hydrogen) atoms. The number of amides is 1. The Labute approximate surface area is 180 Å². The van der Waals surface area contributed by atoms with Crippen LogP contribution in [0.2, 0.25) is 0 Å². The number of hydrogen-bond acceptors (Lipinski definition) is 5. The minimum absolute atomic E-state index is 0.0922. The van der Waals surface area contributed by atoms with Crippen LogP contribution in [0.4, 0.5) is 0 Å². The van der Waals surface area contributed by atoms with Crippen LogP contribution < -0.4 is 14.8 Å². The largest absolute Gasteiger partial charge is 0.485 e. The number of nitrogens with zero attached hydrogens (tertiary/aromatic N) is 2. The third-order valence-corrected chi connectivity index (χ3v) is 5.71. The molecule has 0 bridgehead atoms. The molecule has 8 heteroatoms. The van der Waals surface area contributed by atoms with Gasteiger partial charge in [-0.2, -0.15) is 0 Å². The number of carbonyl (C=O) groups excluding carboxylic acids is 1. The fraction of sp³-hybridized carbons (Fsp3) is 0.348. The van der Waals surface area contributed by atoms with Crippen molar-refractivity contribution in [2.75, 3.05) is 6.61 Å². The molecule has 1 aliphatic carbocycles. The fourth-order valence-corrected chi connectivity index (χ4v) is 4.23. The van der Waals surface area contributed by atoms with E-state index < -0.39 is 6.10 Å². The van der Waals surface area contributed by atoms with Crippen LogP contribution in [0.1, 0.15) is 31.7 Å². The summed E-state index contributed by atoms with van der Waals surface area (Å²) >= 11 is 0. The molecule has 1 atom stereocenters. The summed E-state index contributed by atoms with van der Waals surface area (Å²) < 4.78 is 13.8. The molecule has 0 radical (unpaired) electrons. The van der Waals surface area contributed by atoms with E-state index in [4.69, 9.17) is 19.4 Å². The SMILES string of the molecule is O=C(NC1CCC(n2cccc3ccnc2-3)CC1)C1COc2ccccc2O1.O=CO. The Morgan fingerprint density at radius 1 is 1.10 bits per heavy atom. The van der Waals surface area contributed by atoms with Gasteiger partial charge in [0.25, 0.3) is 12.4 Å². The lowest BCUT2D eigenvalue weighted by atomic mass is 9.90. The first-order valence-corrected chi connectivity index (χ1v) is 10.4. The standard InChI is InChI=1S/C22H23N3O3.CH2O2/c26-22(20-14-27-18-5-1-2-6-19(18)28-20)24-16-7-9-17(10-8-16)25-13-3-4-15-11-12-23-21(15)25;2-1-3/h1-6,11-13,16-17,20H,7-10,14H2,(H,24,26);1H,(H,2,3). The Balaban J connectivity index is 0.000000730. The summed E-state index contributed by atoms with van der Waals surface area (Å²) in [6.45, 7) is -0.00129. The number of fused-ring (bicyclic) bond motifs is 2. The first-order valence-electron chi connectivity index (χ1n) is 10.4. The lowest BCUT2D eigenvalue weighted by Gasteiger charge is -2.33. The summed E-state index contributed by atoms with van der Waals surface area (Å²) in [6.07, 6.45) is 7.32. The van der Waals surface area contributed by atoms with Crippen LogP contribution in [-0.4, -0.2) is 45.8 Å². The van der Waals surface area contributed by atoms with Crippen LogP contribution in [0.3, 0.4) is 0 Å². The molecule has 1 aromatic rings. The maximum Gasteiger partial charge on any atom is 0.290 e. The van der Waals surface area contributed by atoms with Crippen molar-refractivity contribution in [3.63, 3.8) is 0 Å². The molecule has 8 nitrogen and oxygen atoms in total. The van der Waals surface area contributed by atoms with Crippen molar-refractivity contribution in [1.29, 1.82) is 0 Å². The van der Waals surface area contributed by atoms with Crippen molar-refractivity contribution in [3.8, 4) is 22.9 Å². The highest BCUT2D eigenvalue weighted by Gasteiger charge is 2.31. The smallest absolute Gasteiger partial charge is 0.290 e. The topological polar surface area (TPSA) is 103 Å². The molecule has 2 N–H and O–H groups in total. The Bertz CT molecular complexity index is 996. The Morgan fingerprint density at radius 2 is 1.84 bits per heavy atom. The Kier molecular flexibility index (Phi) is 6.35. The summed E-state index contributed by atoms with van der Waals surface area (Å²) in [5.74, 6) is 2.27. The van der Waals surface area contributed by atoms with Gasteiger partial charge in [0.2, 0.25) is 6.10 Å². The van der Waals surface area contributed by atoms with Crippen LogP contribution in [0.5, 0.6) is 11.5 Å². The number of carboxylic acid groups (broad SMARTS) is 1. The summed E-state index contributed by atoms with van der Waals surface area (Å²) in [5, 5.41) is 10.0. The molecule has 5 rings (SSSR count). The average Bonchev–Trinajstić information content (AvgIpc) is 3.29. The second-order valence-electron chi connectivity index (χ2n) is 7.62. The quantitative estimate of drug-likeness (QED) is 0.628. The van der Waals surface area contributed by atoms with E-state index >= 15 is 0 Å². The van der Waals surface area contributed by atoms with Gasteiger partial charge in [-0.25, -0.2) is 4.98 Å². The van der Waals surface area contributed by atoms with E-state index in [1.54, 1.807) is 0 Å². The monoisotopic (exact) mass is 423 g/mol. The molecule has 1 unspecified atom stereocenters. The molecule has 0 aromatic heterocycles. The maximum atomic E-state index is 12.6. The van der Waals surface area contributed by atoms with E-state index in [9.17, 15) is 4.79 Å². The number of para-hydroxylation sites is 2. The first-order chi connectivity index (χ1) is 15.2. The highest BCUT2D eigenvalue weighted by molar-refractivity contribution is 5.82. The molecule has 3 heterocycles. The van der Waals surface area contributed by atoms with E-state index in [-0.39, 0.29) is 25.0 Å². The molecule has 162 valence electrons. The number of nitrogens with one attached hydrogen (secondary N) is 1. The second-order valence-corrected chi connectivity index (χ2v) is 7.62. The number of aromatic nitrogens is 2. The van der Waals surface area contributed by atoms with Crippen LogP contribution >= 0.6 is 0 Å². The average molecular weight is 423 g/mol. The minimum atomic E-state index is -0.593. The van der Waals surface area contributed by atoms with E-state index in [1.807, 2.05) is 36.5 Å². The zero-order valence-corrected chi connectivity index (χ0v) is 17.0. The van der Waals surface area contributed by atoms with Gasteiger partial charge in [-0.15, -0.1) is 0 Å². The summed E-state index contributed by atoms with van der Waals surface area (Å²) in [7, 11) is 0. The van der Waals surface area contributed by atoms with Gasteiger partial charge in [0.15, 0.2) is 11.5 Å². The molecular formula is C23H25N3O5. The van der Waals surface area contributed by atoms with Gasteiger partial charge in [-0.3, -0.25) is 9.59 Å². The van der Waals surface area contributed by atoms with Gasteiger partial charge < -0.3 is 24.5 Å². The van der Waals surface area contributed by atoms with E-state index in [1.165, 1.54) is 5.56 Å². The summed E-state index contributed by atoms with van der Waals surface area (Å²) in [4.78, 5) is 25.5. The molecule has 1 aromatic carbocycles. The summed E-state index contributed by atoms with van der Waals surface area (Å²) in [6, 6.07) is 14.3. The van der Waals surface area contributed by atoms with Crippen molar-refractivity contribution in [3.05, 3.63) is 54.9 Å². The Morgan fingerprint density at radius 3 is 2.61 bits per heavy atom. The van der Waals surface area contributed by atoms with Crippen LogP contribution in [0, 0.1) is 0 Å². The van der Waals surface area contributed by atoms with Crippen LogP contribution in [0.15, 0.2) is 54.9 Å². The normalized spacial score (nSPS) is 22.1. The van der Waals surface area contributed by atoms with E-state index in [2.05, 4.69) is 33.2 Å². The van der Waals surface area contributed by atoms with Crippen LogP contribution in [-0.2, 0) is 9.59 Å². The molecule has 0 spiro atoms. The van der Waals surface area contributed by atoms with Gasteiger partial charge in [0, 0.05) is 30.0 Å². The van der Waals surface area contributed by atoms with Crippen molar-refractivity contribution >= 4 is 12.4 Å². The Hall–Kier alpha value is -3.55. The number of ether oxygens (including phenoxy) is 2. The van der Waals surface area contributed by atoms with Gasteiger partial charge >= 0.3 is 0 Å². The van der Waals surface area contributed by atoms with Crippen molar-refractivity contribution < 1.29 is 24.2 Å². The van der Waals surface area contributed by atoms with Gasteiger partial charge in [0.05, 0.1) is 0 Å². The number of pyridine rings is 1. The molecule has 1 saturated carbocycles. The van der Waals surface area contributed by atoms with Gasteiger partial charge in [0.1, 0.15) is 12.4 Å². The number of carbonyl (C=O) groups is 2. The second kappa shape index (κ2) is 9.51. The van der Waals surface area contributed by atoms with Crippen LogP contribution in [0.25, 0.3) is 11.4 Å². The fourth-order valence-electron chi connectivity index (χ4n) is 4.23. The molecular weight excluding hydrogens is 398 g/mol. The third-order valence-electron chi connectivity index (χ3n) is 5.71. The molecule has 4 aliphatic rings. The maximum absolute atomic E-state index is 12.6. The van der Waals surface area contributed by atoms with Gasteiger partial charge in [-0.05, 0) is 56.0 Å². The number of rotatable bonds is 3. The van der Waals surface area contributed by atoms with Gasteiger partial charge in [-0.1, -0.05) is 12.1 Å². The van der Waals surface area contributed by atoms with Crippen molar-refractivity contribution in [1.82, 2.24) is 14.9 Å².